The van der Waals surface area contributed by atoms with Gasteiger partial charge in [0.05, 0.1) is 6.54 Å². The highest BCUT2D eigenvalue weighted by atomic mass is 35.5. The summed E-state index contributed by atoms with van der Waals surface area (Å²) in [6.07, 6.45) is 6.83. The Balaban J connectivity index is 1.61. The lowest BCUT2D eigenvalue weighted by Crippen LogP contribution is -2.46. The van der Waals surface area contributed by atoms with E-state index in [0.717, 1.165) is 19.3 Å². The second kappa shape index (κ2) is 7.83. The number of nitrogens with one attached hydrogen (secondary N) is 1. The standard InChI is InChI=1S/C19H26ClFN2O/c1-13-5-2-3-8-18(13)22-19(24)12-23(14-9-10-14)11-15-16(20)6-4-7-17(15)21/h4,6-7,13-14,18H,2-3,5,8-12H2,1H3,(H,22,24)/t13-,18+/m1/s1. The molecule has 1 aromatic carbocycles. The number of nitrogens with zero attached hydrogens (tertiary/aromatic N) is 1. The Hall–Kier alpha value is -1.13. The number of carbonyl (C=O) groups is 1. The highest BCUT2D eigenvalue weighted by molar-refractivity contribution is 6.31. The van der Waals surface area contributed by atoms with Gasteiger partial charge in [-0.3, -0.25) is 9.69 Å². The van der Waals surface area contributed by atoms with Gasteiger partial charge in [0.15, 0.2) is 0 Å². The summed E-state index contributed by atoms with van der Waals surface area (Å²) in [5.74, 6) is 0.292. The zero-order chi connectivity index (χ0) is 17.1. The van der Waals surface area contributed by atoms with Crippen molar-refractivity contribution in [2.24, 2.45) is 5.92 Å². The number of carbonyl (C=O) groups excluding carboxylic acids is 1. The Labute approximate surface area is 148 Å². The van der Waals surface area contributed by atoms with E-state index in [1.54, 1.807) is 12.1 Å². The summed E-state index contributed by atoms with van der Waals surface area (Å²) in [6, 6.07) is 5.39. The lowest BCUT2D eigenvalue weighted by Gasteiger charge is -2.30. The third-order valence-electron chi connectivity index (χ3n) is 5.29. The van der Waals surface area contributed by atoms with Crippen LogP contribution in [0.4, 0.5) is 4.39 Å². The minimum absolute atomic E-state index is 0.0492. The third-order valence-corrected chi connectivity index (χ3v) is 5.64. The quantitative estimate of drug-likeness (QED) is 0.834. The maximum atomic E-state index is 14.0. The van der Waals surface area contributed by atoms with E-state index in [4.69, 9.17) is 11.6 Å². The maximum absolute atomic E-state index is 14.0. The van der Waals surface area contributed by atoms with Crippen molar-refractivity contribution in [3.8, 4) is 0 Å². The van der Waals surface area contributed by atoms with Crippen LogP contribution in [0.2, 0.25) is 5.02 Å². The molecule has 2 aliphatic rings. The molecule has 2 aliphatic carbocycles. The summed E-state index contributed by atoms with van der Waals surface area (Å²) >= 11 is 6.14. The molecule has 0 radical (unpaired) electrons. The van der Waals surface area contributed by atoms with Crippen LogP contribution in [0.25, 0.3) is 0 Å². The van der Waals surface area contributed by atoms with Crippen LogP contribution in [-0.2, 0) is 11.3 Å². The van der Waals surface area contributed by atoms with E-state index in [1.807, 2.05) is 0 Å². The third kappa shape index (κ3) is 4.48. The van der Waals surface area contributed by atoms with E-state index in [1.165, 1.54) is 25.3 Å². The average molecular weight is 353 g/mol. The molecular formula is C19H26ClFN2O. The van der Waals surface area contributed by atoms with Crippen molar-refractivity contribution >= 4 is 17.5 Å². The molecule has 24 heavy (non-hydrogen) atoms. The zero-order valence-corrected chi connectivity index (χ0v) is 15.0. The molecule has 0 aromatic heterocycles. The molecule has 0 heterocycles. The van der Waals surface area contributed by atoms with Crippen LogP contribution in [0, 0.1) is 11.7 Å². The average Bonchev–Trinajstić information content (AvgIpc) is 3.37. The van der Waals surface area contributed by atoms with E-state index in [-0.39, 0.29) is 17.8 Å². The van der Waals surface area contributed by atoms with E-state index in [2.05, 4.69) is 17.1 Å². The molecule has 0 unspecified atom stereocenters. The number of rotatable bonds is 6. The molecular weight excluding hydrogens is 327 g/mol. The molecule has 2 saturated carbocycles. The molecule has 5 heteroatoms. The summed E-state index contributed by atoms with van der Waals surface area (Å²) in [6.45, 7) is 2.92. The second-order valence-electron chi connectivity index (χ2n) is 7.27. The molecule has 1 amide bonds. The van der Waals surface area contributed by atoms with Crippen molar-refractivity contribution < 1.29 is 9.18 Å². The molecule has 0 aliphatic heterocycles. The van der Waals surface area contributed by atoms with E-state index in [9.17, 15) is 9.18 Å². The Kier molecular flexibility index (Phi) is 5.77. The van der Waals surface area contributed by atoms with Crippen molar-refractivity contribution in [2.45, 2.75) is 64.1 Å². The van der Waals surface area contributed by atoms with Gasteiger partial charge in [0.25, 0.3) is 0 Å². The van der Waals surface area contributed by atoms with Crippen molar-refractivity contribution in [1.29, 1.82) is 0 Å². The first-order valence-electron chi connectivity index (χ1n) is 9.01. The first-order valence-corrected chi connectivity index (χ1v) is 9.38. The first kappa shape index (κ1) is 17.7. The fraction of sp³-hybridized carbons (Fsp3) is 0.632. The number of halogens is 2. The van der Waals surface area contributed by atoms with Gasteiger partial charge in [-0.2, -0.15) is 0 Å². The van der Waals surface area contributed by atoms with Gasteiger partial charge in [0.1, 0.15) is 5.82 Å². The minimum Gasteiger partial charge on any atom is -0.352 e. The topological polar surface area (TPSA) is 32.3 Å². The van der Waals surface area contributed by atoms with Gasteiger partial charge in [0.2, 0.25) is 5.91 Å². The highest BCUT2D eigenvalue weighted by Crippen LogP contribution is 2.30. The highest BCUT2D eigenvalue weighted by Gasteiger charge is 2.32. The fourth-order valence-corrected chi connectivity index (χ4v) is 3.83. The summed E-state index contributed by atoms with van der Waals surface area (Å²) < 4.78 is 14.0. The molecule has 0 spiro atoms. The molecule has 2 atom stereocenters. The Morgan fingerprint density at radius 2 is 2.04 bits per heavy atom. The number of benzene rings is 1. The van der Waals surface area contributed by atoms with Crippen molar-refractivity contribution in [3.05, 3.63) is 34.6 Å². The van der Waals surface area contributed by atoms with Crippen LogP contribution in [0.1, 0.15) is 51.0 Å². The molecule has 3 nitrogen and oxygen atoms in total. The first-order chi connectivity index (χ1) is 11.5. The Morgan fingerprint density at radius 3 is 2.71 bits per heavy atom. The van der Waals surface area contributed by atoms with Gasteiger partial charge in [-0.15, -0.1) is 0 Å². The molecule has 1 aromatic rings. The van der Waals surface area contributed by atoms with Gasteiger partial charge in [-0.1, -0.05) is 37.4 Å². The monoisotopic (exact) mass is 352 g/mol. The Morgan fingerprint density at radius 1 is 1.29 bits per heavy atom. The molecule has 1 N–H and O–H groups in total. The summed E-state index contributed by atoms with van der Waals surface area (Å²) in [5, 5.41) is 3.62. The fourth-order valence-electron chi connectivity index (χ4n) is 3.61. The van der Waals surface area contributed by atoms with Gasteiger partial charge in [-0.05, 0) is 43.7 Å². The van der Waals surface area contributed by atoms with Crippen LogP contribution in [-0.4, -0.2) is 29.4 Å². The van der Waals surface area contributed by atoms with Crippen molar-refractivity contribution in [3.63, 3.8) is 0 Å². The molecule has 3 rings (SSSR count). The number of amides is 1. The van der Waals surface area contributed by atoms with E-state index < -0.39 is 0 Å². The molecule has 132 valence electrons. The minimum atomic E-state index is -0.297. The van der Waals surface area contributed by atoms with Gasteiger partial charge >= 0.3 is 0 Å². The molecule has 2 fully saturated rings. The number of hydrogen-bond acceptors (Lipinski definition) is 2. The number of hydrogen-bond donors (Lipinski definition) is 1. The van der Waals surface area contributed by atoms with Crippen LogP contribution in [0.15, 0.2) is 18.2 Å². The second-order valence-corrected chi connectivity index (χ2v) is 7.68. The van der Waals surface area contributed by atoms with Crippen molar-refractivity contribution in [1.82, 2.24) is 10.2 Å². The van der Waals surface area contributed by atoms with Gasteiger partial charge in [-0.25, -0.2) is 4.39 Å². The van der Waals surface area contributed by atoms with Crippen LogP contribution in [0.5, 0.6) is 0 Å². The summed E-state index contributed by atoms with van der Waals surface area (Å²) in [5.41, 5.74) is 0.491. The SMILES string of the molecule is C[C@@H]1CCCC[C@@H]1NC(=O)CN(Cc1c(F)cccc1Cl)C1CC1. The molecule has 0 bridgehead atoms. The van der Waals surface area contributed by atoms with Gasteiger partial charge < -0.3 is 5.32 Å². The summed E-state index contributed by atoms with van der Waals surface area (Å²) in [4.78, 5) is 14.5. The lowest BCUT2D eigenvalue weighted by molar-refractivity contribution is -0.123. The summed E-state index contributed by atoms with van der Waals surface area (Å²) in [7, 11) is 0. The maximum Gasteiger partial charge on any atom is 0.234 e. The smallest absolute Gasteiger partial charge is 0.234 e. The van der Waals surface area contributed by atoms with Crippen LogP contribution in [0.3, 0.4) is 0 Å². The Bertz CT molecular complexity index is 570. The predicted octanol–water partition coefficient (Wildman–Crippen LogP) is 4.14. The van der Waals surface area contributed by atoms with Gasteiger partial charge in [0, 0.05) is 29.2 Å². The predicted molar refractivity (Wildman–Crippen MR) is 94.4 cm³/mol. The van der Waals surface area contributed by atoms with E-state index >= 15 is 0 Å². The zero-order valence-electron chi connectivity index (χ0n) is 14.2. The largest absolute Gasteiger partial charge is 0.352 e. The van der Waals surface area contributed by atoms with Crippen molar-refractivity contribution in [2.75, 3.05) is 6.54 Å². The van der Waals surface area contributed by atoms with Crippen LogP contribution >= 0.6 is 11.6 Å². The lowest BCUT2D eigenvalue weighted by atomic mass is 9.86. The van der Waals surface area contributed by atoms with E-state index in [0.29, 0.717) is 35.6 Å². The normalized spacial score (nSPS) is 24.2. The molecule has 0 saturated heterocycles. The van der Waals surface area contributed by atoms with Crippen LogP contribution < -0.4 is 5.32 Å².